The quantitative estimate of drug-likeness (QED) is 0.493. The number of carbonyl (C=O) groups is 2. The van der Waals surface area contributed by atoms with Crippen LogP contribution in [0.4, 0.5) is 11.4 Å². The summed E-state index contributed by atoms with van der Waals surface area (Å²) in [6.07, 6.45) is 0. The summed E-state index contributed by atoms with van der Waals surface area (Å²) in [6.45, 7) is -0.297. The first-order valence-electron chi connectivity index (χ1n) is 6.34. The molecule has 1 amide bonds. The molecule has 2 aromatic rings. The highest BCUT2D eigenvalue weighted by molar-refractivity contribution is 7.12. The first-order chi connectivity index (χ1) is 11.0. The number of carbonyl (C=O) groups excluding carboxylic acids is 2. The number of non-ortho nitro benzene ring substituents is 1. The van der Waals surface area contributed by atoms with Gasteiger partial charge in [0.05, 0.1) is 17.7 Å². The lowest BCUT2D eigenvalue weighted by molar-refractivity contribution is -0.384. The van der Waals surface area contributed by atoms with Crippen molar-refractivity contribution in [1.82, 2.24) is 0 Å². The molecule has 0 aliphatic heterocycles. The topological polar surface area (TPSA) is 108 Å². The van der Waals surface area contributed by atoms with Gasteiger partial charge in [-0.1, -0.05) is 0 Å². The number of methoxy groups -OCH3 is 1. The van der Waals surface area contributed by atoms with Crippen molar-refractivity contribution < 1.29 is 24.0 Å². The van der Waals surface area contributed by atoms with Gasteiger partial charge in [0.15, 0.2) is 6.61 Å². The minimum absolute atomic E-state index is 0.0669. The Labute approximate surface area is 134 Å². The van der Waals surface area contributed by atoms with Crippen LogP contribution in [0.25, 0.3) is 0 Å². The minimum Gasteiger partial charge on any atom is -0.484 e. The lowest BCUT2D eigenvalue weighted by Gasteiger charge is -2.07. The van der Waals surface area contributed by atoms with Crippen LogP contribution in [0.1, 0.15) is 9.67 Å². The molecule has 0 atom stereocenters. The zero-order valence-corrected chi connectivity index (χ0v) is 12.8. The van der Waals surface area contributed by atoms with Crippen LogP contribution in [-0.2, 0) is 9.53 Å². The highest BCUT2D eigenvalue weighted by Crippen LogP contribution is 2.23. The second-order valence-corrected chi connectivity index (χ2v) is 5.16. The maximum Gasteiger partial charge on any atom is 0.350 e. The molecule has 0 unspecified atom stereocenters. The van der Waals surface area contributed by atoms with E-state index >= 15 is 0 Å². The second-order valence-electron chi connectivity index (χ2n) is 4.24. The highest BCUT2D eigenvalue weighted by Gasteiger charge is 2.15. The van der Waals surface area contributed by atoms with Crippen LogP contribution in [0.2, 0.25) is 0 Å². The van der Waals surface area contributed by atoms with E-state index in [0.717, 1.165) is 11.3 Å². The van der Waals surface area contributed by atoms with E-state index in [1.54, 1.807) is 11.4 Å². The normalized spacial score (nSPS) is 9.96. The molecule has 1 N–H and O–H groups in total. The van der Waals surface area contributed by atoms with Gasteiger partial charge in [-0.05, 0) is 23.6 Å². The standard InChI is InChI=1S/C14H12N2O6S/c1-21-14(18)13-11(6-7-23-13)15-12(17)8-22-10-4-2-9(3-5-10)16(19)20/h2-7H,8H2,1H3,(H,15,17). The van der Waals surface area contributed by atoms with Crippen LogP contribution in [0.3, 0.4) is 0 Å². The number of nitro benzene ring substituents is 1. The first kappa shape index (κ1) is 16.4. The predicted molar refractivity (Wildman–Crippen MR) is 82.9 cm³/mol. The molecule has 1 heterocycles. The molecule has 0 bridgehead atoms. The molecule has 120 valence electrons. The Kier molecular flexibility index (Phi) is 5.26. The Morgan fingerprint density at radius 1 is 1.26 bits per heavy atom. The van der Waals surface area contributed by atoms with Gasteiger partial charge in [0, 0.05) is 12.1 Å². The number of amides is 1. The van der Waals surface area contributed by atoms with Gasteiger partial charge in [0.25, 0.3) is 11.6 Å². The molecule has 0 saturated carbocycles. The number of anilines is 1. The molecule has 9 heteroatoms. The number of nitrogens with zero attached hydrogens (tertiary/aromatic N) is 1. The van der Waals surface area contributed by atoms with Crippen molar-refractivity contribution in [2.24, 2.45) is 0 Å². The Bertz CT molecular complexity index is 725. The van der Waals surface area contributed by atoms with E-state index < -0.39 is 16.8 Å². The molecule has 0 aliphatic carbocycles. The smallest absolute Gasteiger partial charge is 0.350 e. The molecule has 0 fully saturated rings. The Morgan fingerprint density at radius 3 is 2.57 bits per heavy atom. The Morgan fingerprint density at radius 2 is 1.96 bits per heavy atom. The van der Waals surface area contributed by atoms with E-state index in [4.69, 9.17) is 4.74 Å². The fourth-order valence-corrected chi connectivity index (χ4v) is 2.42. The van der Waals surface area contributed by atoms with Crippen molar-refractivity contribution >= 4 is 34.6 Å². The van der Waals surface area contributed by atoms with E-state index in [-0.39, 0.29) is 17.2 Å². The van der Waals surface area contributed by atoms with E-state index in [1.165, 1.54) is 31.4 Å². The number of rotatable bonds is 6. The van der Waals surface area contributed by atoms with Crippen LogP contribution in [0.5, 0.6) is 5.75 Å². The molecule has 1 aromatic heterocycles. The minimum atomic E-state index is -0.536. The molecular formula is C14H12N2O6S. The molecule has 23 heavy (non-hydrogen) atoms. The zero-order valence-electron chi connectivity index (χ0n) is 12.0. The third-order valence-electron chi connectivity index (χ3n) is 2.73. The molecule has 0 spiro atoms. The number of hydrogen-bond donors (Lipinski definition) is 1. The van der Waals surface area contributed by atoms with Gasteiger partial charge < -0.3 is 14.8 Å². The summed E-state index contributed by atoms with van der Waals surface area (Å²) in [5.41, 5.74) is 0.280. The average Bonchev–Trinajstić information content (AvgIpc) is 3.00. The third-order valence-corrected chi connectivity index (χ3v) is 3.62. The van der Waals surface area contributed by atoms with Gasteiger partial charge in [0.1, 0.15) is 10.6 Å². The summed E-state index contributed by atoms with van der Waals surface area (Å²) in [5, 5.41) is 14.7. The number of hydrogen-bond acceptors (Lipinski definition) is 7. The lowest BCUT2D eigenvalue weighted by Crippen LogP contribution is -2.21. The third kappa shape index (κ3) is 4.27. The lowest BCUT2D eigenvalue weighted by atomic mass is 10.3. The van der Waals surface area contributed by atoms with Crippen molar-refractivity contribution in [3.63, 3.8) is 0 Å². The fraction of sp³-hybridized carbons (Fsp3) is 0.143. The number of benzene rings is 1. The molecule has 1 aromatic carbocycles. The Hall–Kier alpha value is -2.94. The van der Waals surface area contributed by atoms with Crippen molar-refractivity contribution in [3.05, 3.63) is 50.7 Å². The highest BCUT2D eigenvalue weighted by atomic mass is 32.1. The molecular weight excluding hydrogens is 324 g/mol. The van der Waals surface area contributed by atoms with Gasteiger partial charge in [0.2, 0.25) is 0 Å². The van der Waals surface area contributed by atoms with Crippen molar-refractivity contribution in [2.45, 2.75) is 0 Å². The summed E-state index contributed by atoms with van der Waals surface area (Å²) in [4.78, 5) is 33.6. The summed E-state index contributed by atoms with van der Waals surface area (Å²) >= 11 is 1.15. The van der Waals surface area contributed by atoms with Gasteiger partial charge in [-0.2, -0.15) is 0 Å². The van der Waals surface area contributed by atoms with Gasteiger partial charge in [-0.15, -0.1) is 11.3 Å². The molecule has 0 aliphatic rings. The second kappa shape index (κ2) is 7.36. The number of nitro groups is 1. The number of nitrogens with one attached hydrogen (secondary N) is 1. The van der Waals surface area contributed by atoms with Crippen LogP contribution < -0.4 is 10.1 Å². The van der Waals surface area contributed by atoms with Crippen LogP contribution >= 0.6 is 11.3 Å². The van der Waals surface area contributed by atoms with Gasteiger partial charge >= 0.3 is 5.97 Å². The van der Waals surface area contributed by atoms with Crippen molar-refractivity contribution in [1.29, 1.82) is 0 Å². The number of ether oxygens (including phenoxy) is 2. The van der Waals surface area contributed by atoms with Crippen molar-refractivity contribution in [2.75, 3.05) is 19.0 Å². The summed E-state index contributed by atoms with van der Waals surface area (Å²) in [7, 11) is 1.26. The van der Waals surface area contributed by atoms with Crippen LogP contribution in [0.15, 0.2) is 35.7 Å². The predicted octanol–water partition coefficient (Wildman–Crippen LogP) is 2.46. The average molecular weight is 336 g/mol. The Balaban J connectivity index is 1.91. The maximum absolute atomic E-state index is 11.8. The number of esters is 1. The monoisotopic (exact) mass is 336 g/mol. The first-order valence-corrected chi connectivity index (χ1v) is 7.22. The van der Waals surface area contributed by atoms with Crippen LogP contribution in [0, 0.1) is 10.1 Å². The summed E-state index contributed by atoms with van der Waals surface area (Å²) < 4.78 is 9.84. The largest absolute Gasteiger partial charge is 0.484 e. The van der Waals surface area contributed by atoms with E-state index in [9.17, 15) is 19.7 Å². The molecule has 8 nitrogen and oxygen atoms in total. The van der Waals surface area contributed by atoms with Crippen LogP contribution in [-0.4, -0.2) is 30.5 Å². The summed E-state index contributed by atoms with van der Waals surface area (Å²) in [5.74, 6) is -0.678. The molecule has 0 radical (unpaired) electrons. The number of thiophene rings is 1. The fourth-order valence-electron chi connectivity index (χ4n) is 1.66. The zero-order chi connectivity index (χ0) is 16.8. The molecule has 0 saturated heterocycles. The van der Waals surface area contributed by atoms with Gasteiger partial charge in [-0.3, -0.25) is 14.9 Å². The van der Waals surface area contributed by atoms with E-state index in [0.29, 0.717) is 11.4 Å². The van der Waals surface area contributed by atoms with E-state index in [1.807, 2.05) is 0 Å². The summed E-state index contributed by atoms with van der Waals surface area (Å²) in [6, 6.07) is 6.94. The SMILES string of the molecule is COC(=O)c1sccc1NC(=O)COc1ccc([N+](=O)[O-])cc1. The van der Waals surface area contributed by atoms with Gasteiger partial charge in [-0.25, -0.2) is 4.79 Å². The maximum atomic E-state index is 11.8. The molecule has 2 rings (SSSR count). The van der Waals surface area contributed by atoms with E-state index in [2.05, 4.69) is 10.1 Å². The van der Waals surface area contributed by atoms with Crippen molar-refractivity contribution in [3.8, 4) is 5.75 Å².